The molecule has 3 rings (SSSR count). The molecule has 138 valence electrons. The minimum atomic E-state index is 1.03. The Morgan fingerprint density at radius 2 is 1.27 bits per heavy atom. The molecule has 0 aromatic heterocycles. The van der Waals surface area contributed by atoms with Crippen LogP contribution in [0.25, 0.3) is 0 Å². The molecule has 0 fully saturated rings. The number of rotatable bonds is 2. The molecule has 0 N–H and O–H groups in total. The van der Waals surface area contributed by atoms with E-state index in [-0.39, 0.29) is 0 Å². The fourth-order valence-electron chi connectivity index (χ4n) is 4.48. The fraction of sp³-hybridized carbons (Fsp3) is 0.458. The molecule has 1 aliphatic rings. The third kappa shape index (κ3) is 3.85. The molecule has 2 aromatic rings. The maximum absolute atomic E-state index is 3.76. The van der Waals surface area contributed by atoms with Gasteiger partial charge in [0.25, 0.3) is 0 Å². The molecule has 0 amide bonds. The molecule has 0 saturated heterocycles. The zero-order chi connectivity index (χ0) is 18.8. The van der Waals surface area contributed by atoms with E-state index in [1.54, 1.807) is 0 Å². The topological polar surface area (TPSA) is 6.25 Å². The van der Waals surface area contributed by atoms with Crippen molar-refractivity contribution in [2.24, 2.45) is 0 Å². The first-order chi connectivity index (χ1) is 12.4. The van der Waals surface area contributed by atoms with E-state index >= 15 is 0 Å². The van der Waals surface area contributed by atoms with Crippen molar-refractivity contribution in [3.63, 3.8) is 0 Å². The van der Waals surface area contributed by atoms with Crippen LogP contribution in [0.15, 0.2) is 24.3 Å². The second-order valence-corrected chi connectivity index (χ2v) is 7.96. The zero-order valence-electron chi connectivity index (χ0n) is 17.2. The van der Waals surface area contributed by atoms with Gasteiger partial charge < -0.3 is 9.48 Å². The van der Waals surface area contributed by atoms with Gasteiger partial charge in [-0.3, -0.25) is 0 Å². The highest BCUT2D eigenvalue weighted by atomic mass is 15.2. The van der Waals surface area contributed by atoms with Gasteiger partial charge in [-0.2, -0.15) is 0 Å². The van der Waals surface area contributed by atoms with Crippen molar-refractivity contribution < 1.29 is 4.58 Å². The largest absolute Gasteiger partial charge is 0.337 e. The van der Waals surface area contributed by atoms with Gasteiger partial charge in [0.15, 0.2) is 0 Å². The molecule has 0 spiro atoms. The van der Waals surface area contributed by atoms with Crippen LogP contribution >= 0.6 is 0 Å². The summed E-state index contributed by atoms with van der Waals surface area (Å²) in [4.78, 5) is 2.36. The molecule has 1 aliphatic heterocycles. The van der Waals surface area contributed by atoms with Gasteiger partial charge in [0.05, 0.1) is 13.1 Å². The lowest BCUT2D eigenvalue weighted by Gasteiger charge is -2.29. The van der Waals surface area contributed by atoms with Gasteiger partial charge in [-0.1, -0.05) is 57.6 Å². The Morgan fingerprint density at radius 1 is 0.731 bits per heavy atom. The van der Waals surface area contributed by atoms with Gasteiger partial charge in [0.1, 0.15) is 0 Å². The Morgan fingerprint density at radius 3 is 1.85 bits per heavy atom. The monoisotopic (exact) mass is 348 g/mol. The quantitative estimate of drug-likeness (QED) is 0.493. The molecule has 0 unspecified atom stereocenters. The minimum Gasteiger partial charge on any atom is -0.337 e. The Balaban J connectivity index is 2.12. The fourth-order valence-corrected chi connectivity index (χ4v) is 4.48. The van der Waals surface area contributed by atoms with E-state index in [1.807, 2.05) is 0 Å². The summed E-state index contributed by atoms with van der Waals surface area (Å²) in [6.45, 7) is 15.3. The molecule has 26 heavy (non-hydrogen) atoms. The Bertz CT molecular complexity index is 799. The highest BCUT2D eigenvalue weighted by Gasteiger charge is 2.16. The third-order valence-corrected chi connectivity index (χ3v) is 5.32. The van der Waals surface area contributed by atoms with Crippen LogP contribution in [0.2, 0.25) is 0 Å². The number of nitrogens with zero attached hydrogens (tertiary/aromatic N) is 2. The van der Waals surface area contributed by atoms with Crippen LogP contribution in [-0.2, 0) is 0 Å². The zero-order valence-corrected chi connectivity index (χ0v) is 17.2. The van der Waals surface area contributed by atoms with E-state index < -0.39 is 0 Å². The molecule has 2 aromatic carbocycles. The first-order valence-electron chi connectivity index (χ1n) is 9.84. The SMILES string of the molecule is Cc1cc(C)c(N2[C-]=[N+](c3c(C)cc(C)cc3C)CCCCC2)c(C)c1. The molecule has 0 bridgehead atoms. The Kier molecular flexibility index (Phi) is 5.50. The number of benzene rings is 2. The van der Waals surface area contributed by atoms with E-state index in [0.717, 1.165) is 13.1 Å². The van der Waals surface area contributed by atoms with Crippen LogP contribution in [0.1, 0.15) is 52.6 Å². The smallest absolute Gasteiger partial charge is 0.206 e. The lowest BCUT2D eigenvalue weighted by Crippen LogP contribution is -2.31. The van der Waals surface area contributed by atoms with Crippen molar-refractivity contribution in [3.8, 4) is 0 Å². The summed E-state index contributed by atoms with van der Waals surface area (Å²) in [6.07, 6.45) is 7.47. The van der Waals surface area contributed by atoms with E-state index in [0.29, 0.717) is 0 Å². The average Bonchev–Trinajstić information content (AvgIpc) is 2.48. The Hall–Kier alpha value is -2.09. The van der Waals surface area contributed by atoms with Crippen molar-refractivity contribution in [2.75, 3.05) is 18.0 Å². The van der Waals surface area contributed by atoms with Crippen LogP contribution < -0.4 is 4.90 Å². The predicted molar refractivity (Wildman–Crippen MR) is 112 cm³/mol. The summed E-state index contributed by atoms with van der Waals surface area (Å²) in [5.74, 6) is 0. The van der Waals surface area contributed by atoms with Crippen LogP contribution in [0.5, 0.6) is 0 Å². The van der Waals surface area contributed by atoms with Crippen molar-refractivity contribution >= 4 is 17.7 Å². The van der Waals surface area contributed by atoms with Crippen LogP contribution in [0.4, 0.5) is 11.4 Å². The summed E-state index contributed by atoms with van der Waals surface area (Å²) in [5, 5.41) is 0. The molecule has 0 atom stereocenters. The Labute approximate surface area is 159 Å². The van der Waals surface area contributed by atoms with Crippen LogP contribution in [0, 0.1) is 41.5 Å². The summed E-state index contributed by atoms with van der Waals surface area (Å²) in [7, 11) is 0. The minimum absolute atomic E-state index is 1.03. The van der Waals surface area contributed by atoms with Crippen molar-refractivity contribution in [2.45, 2.75) is 60.8 Å². The molecular weight excluding hydrogens is 316 g/mol. The standard InChI is InChI=1S/C24H32N2/c1-17-12-19(3)23(20(4)13-17)25-10-8-7-9-11-26(16-25)24-21(5)14-18(2)15-22(24)6/h12-15H,7-11H2,1-6H3. The molecule has 0 radical (unpaired) electrons. The van der Waals surface area contributed by atoms with Gasteiger partial charge in [-0.15, -0.1) is 0 Å². The highest BCUT2D eigenvalue weighted by molar-refractivity contribution is 5.80. The maximum Gasteiger partial charge on any atom is 0.206 e. The highest BCUT2D eigenvalue weighted by Crippen LogP contribution is 2.29. The van der Waals surface area contributed by atoms with E-state index in [1.165, 1.54) is 64.0 Å². The van der Waals surface area contributed by atoms with Gasteiger partial charge >= 0.3 is 0 Å². The number of hydrogen-bond acceptors (Lipinski definition) is 1. The van der Waals surface area contributed by atoms with Crippen LogP contribution in [-0.4, -0.2) is 24.0 Å². The van der Waals surface area contributed by atoms with Crippen molar-refractivity contribution in [1.82, 2.24) is 0 Å². The molecule has 0 aliphatic carbocycles. The molecule has 2 heteroatoms. The normalized spacial score (nSPS) is 15.5. The lowest BCUT2D eigenvalue weighted by molar-refractivity contribution is -0.439. The molecular formula is C24H32N2. The molecule has 1 heterocycles. The van der Waals surface area contributed by atoms with E-state index in [4.69, 9.17) is 0 Å². The number of aryl methyl sites for hydroxylation is 6. The van der Waals surface area contributed by atoms with Gasteiger partial charge in [-0.25, -0.2) is 0 Å². The maximum atomic E-state index is 3.76. The number of anilines is 1. The summed E-state index contributed by atoms with van der Waals surface area (Å²) in [5.41, 5.74) is 10.7. The average molecular weight is 349 g/mol. The first kappa shape index (κ1) is 18.7. The lowest BCUT2D eigenvalue weighted by atomic mass is 10.0. The second-order valence-electron chi connectivity index (χ2n) is 7.96. The number of hydrogen-bond donors (Lipinski definition) is 0. The van der Waals surface area contributed by atoms with Gasteiger partial charge in [0, 0.05) is 11.4 Å². The van der Waals surface area contributed by atoms with E-state index in [2.05, 4.69) is 81.6 Å². The second kappa shape index (κ2) is 7.65. The van der Waals surface area contributed by atoms with Gasteiger partial charge in [0.2, 0.25) is 6.34 Å². The first-order valence-corrected chi connectivity index (χ1v) is 9.84. The summed E-state index contributed by atoms with van der Waals surface area (Å²) in [6, 6.07) is 9.15. The predicted octanol–water partition coefficient (Wildman–Crippen LogP) is 5.78. The third-order valence-electron chi connectivity index (χ3n) is 5.32. The molecule has 0 saturated carbocycles. The van der Waals surface area contributed by atoms with Crippen molar-refractivity contribution in [1.29, 1.82) is 0 Å². The summed E-state index contributed by atoms with van der Waals surface area (Å²) < 4.78 is 2.36. The van der Waals surface area contributed by atoms with Crippen molar-refractivity contribution in [3.05, 3.63) is 57.6 Å². The molecule has 2 nitrogen and oxygen atoms in total. The summed E-state index contributed by atoms with van der Waals surface area (Å²) >= 11 is 0. The van der Waals surface area contributed by atoms with E-state index in [9.17, 15) is 0 Å². The van der Waals surface area contributed by atoms with Crippen LogP contribution in [0.3, 0.4) is 0 Å². The van der Waals surface area contributed by atoms with Gasteiger partial charge in [-0.05, 0) is 60.8 Å².